The summed E-state index contributed by atoms with van der Waals surface area (Å²) in [7, 11) is 0. The first-order valence-electron chi connectivity index (χ1n) is 5.20. The maximum Gasteiger partial charge on any atom is -0.000790 e. The summed E-state index contributed by atoms with van der Waals surface area (Å²) in [5, 5.41) is 6.90. The van der Waals surface area contributed by atoms with Gasteiger partial charge in [-0.2, -0.15) is 0 Å². The molecule has 0 aromatic carbocycles. The summed E-state index contributed by atoms with van der Waals surface area (Å²) in [6, 6.07) is 0. The molecule has 2 N–H and O–H groups in total. The lowest BCUT2D eigenvalue weighted by atomic mass is 10.1. The van der Waals surface area contributed by atoms with Crippen LogP contribution in [0.25, 0.3) is 0 Å². The highest BCUT2D eigenvalue weighted by molar-refractivity contribution is 4.72. The van der Waals surface area contributed by atoms with Gasteiger partial charge < -0.3 is 10.6 Å². The molecule has 0 amide bonds. The third kappa shape index (κ3) is 4.07. The van der Waals surface area contributed by atoms with Crippen LogP contribution >= 0.6 is 0 Å². The van der Waals surface area contributed by atoms with Crippen molar-refractivity contribution in [3.05, 3.63) is 0 Å². The molecule has 1 saturated heterocycles. The van der Waals surface area contributed by atoms with Gasteiger partial charge in [0.25, 0.3) is 0 Å². The molecule has 1 rings (SSSR count). The van der Waals surface area contributed by atoms with Crippen LogP contribution in [0.2, 0.25) is 0 Å². The van der Waals surface area contributed by atoms with E-state index in [4.69, 9.17) is 0 Å². The molecule has 0 spiro atoms. The quantitative estimate of drug-likeness (QED) is 0.606. The molecule has 12 heavy (non-hydrogen) atoms. The van der Waals surface area contributed by atoms with Gasteiger partial charge in [0.2, 0.25) is 0 Å². The Hall–Kier alpha value is -0.0800. The molecule has 0 saturated carbocycles. The fourth-order valence-corrected chi connectivity index (χ4v) is 1.59. The smallest absolute Gasteiger partial charge is 0.000790 e. The summed E-state index contributed by atoms with van der Waals surface area (Å²) in [4.78, 5) is 0. The van der Waals surface area contributed by atoms with Crippen molar-refractivity contribution in [1.82, 2.24) is 10.6 Å². The maximum absolute atomic E-state index is 3.52. The topological polar surface area (TPSA) is 24.1 Å². The van der Waals surface area contributed by atoms with Gasteiger partial charge in [-0.15, -0.1) is 0 Å². The van der Waals surface area contributed by atoms with E-state index in [1.807, 2.05) is 0 Å². The zero-order valence-electron chi connectivity index (χ0n) is 8.40. The van der Waals surface area contributed by atoms with Crippen LogP contribution in [0, 0.1) is 11.8 Å². The minimum absolute atomic E-state index is 0.833. The summed E-state index contributed by atoms with van der Waals surface area (Å²) in [5.41, 5.74) is 0. The molecule has 1 fully saturated rings. The van der Waals surface area contributed by atoms with E-state index in [0.717, 1.165) is 11.8 Å². The van der Waals surface area contributed by atoms with Gasteiger partial charge >= 0.3 is 0 Å². The molecule has 1 aliphatic rings. The minimum Gasteiger partial charge on any atom is -0.316 e. The van der Waals surface area contributed by atoms with Gasteiger partial charge in [-0.25, -0.2) is 0 Å². The van der Waals surface area contributed by atoms with E-state index >= 15 is 0 Å². The van der Waals surface area contributed by atoms with Crippen LogP contribution in [0.3, 0.4) is 0 Å². The van der Waals surface area contributed by atoms with Crippen molar-refractivity contribution in [2.75, 3.05) is 26.2 Å². The Labute approximate surface area is 76.1 Å². The van der Waals surface area contributed by atoms with E-state index in [0.29, 0.717) is 0 Å². The first kappa shape index (κ1) is 10.0. The van der Waals surface area contributed by atoms with Gasteiger partial charge in [0.1, 0.15) is 0 Å². The van der Waals surface area contributed by atoms with Gasteiger partial charge in [0, 0.05) is 0 Å². The van der Waals surface area contributed by atoms with Crippen molar-refractivity contribution >= 4 is 0 Å². The van der Waals surface area contributed by atoms with Crippen LogP contribution < -0.4 is 10.6 Å². The fraction of sp³-hybridized carbons (Fsp3) is 1.00. The molecular weight excluding hydrogens is 148 g/mol. The molecule has 0 bridgehead atoms. The Balaban J connectivity index is 1.88. The zero-order valence-corrected chi connectivity index (χ0v) is 8.40. The molecule has 1 aliphatic heterocycles. The lowest BCUT2D eigenvalue weighted by Crippen LogP contribution is -2.25. The van der Waals surface area contributed by atoms with Gasteiger partial charge in [0.05, 0.1) is 0 Å². The first-order chi connectivity index (χ1) is 5.79. The van der Waals surface area contributed by atoms with Crippen LogP contribution in [0.4, 0.5) is 0 Å². The molecule has 0 aromatic heterocycles. The van der Waals surface area contributed by atoms with E-state index in [9.17, 15) is 0 Å². The average Bonchev–Trinajstić information content (AvgIpc) is 2.49. The molecule has 2 nitrogen and oxygen atoms in total. The van der Waals surface area contributed by atoms with Crippen LogP contribution in [-0.2, 0) is 0 Å². The SMILES string of the molecule is CC(C)CCNCC1CCNC1. The Bertz CT molecular complexity index is 106. The molecule has 1 atom stereocenters. The van der Waals surface area contributed by atoms with Gasteiger partial charge in [0.15, 0.2) is 0 Å². The van der Waals surface area contributed by atoms with Crippen molar-refractivity contribution in [3.63, 3.8) is 0 Å². The standard InChI is InChI=1S/C10H22N2/c1-9(2)3-5-11-7-10-4-6-12-8-10/h9-12H,3-8H2,1-2H3. The lowest BCUT2D eigenvalue weighted by molar-refractivity contribution is 0.478. The maximum atomic E-state index is 3.52. The van der Waals surface area contributed by atoms with Crippen molar-refractivity contribution in [2.45, 2.75) is 26.7 Å². The van der Waals surface area contributed by atoms with Crippen LogP contribution in [-0.4, -0.2) is 26.2 Å². The highest BCUT2D eigenvalue weighted by Crippen LogP contribution is 2.05. The Morgan fingerprint density at radius 2 is 2.33 bits per heavy atom. The van der Waals surface area contributed by atoms with Crippen molar-refractivity contribution in [2.24, 2.45) is 11.8 Å². The third-order valence-corrected chi connectivity index (χ3v) is 2.49. The number of rotatable bonds is 5. The number of nitrogens with one attached hydrogen (secondary N) is 2. The predicted molar refractivity (Wildman–Crippen MR) is 53.3 cm³/mol. The molecule has 72 valence electrons. The van der Waals surface area contributed by atoms with E-state index in [2.05, 4.69) is 24.5 Å². The van der Waals surface area contributed by atoms with E-state index < -0.39 is 0 Å². The van der Waals surface area contributed by atoms with E-state index in [1.54, 1.807) is 0 Å². The Kier molecular flexibility index (Phi) is 4.62. The molecule has 1 heterocycles. The second kappa shape index (κ2) is 5.55. The summed E-state index contributed by atoms with van der Waals surface area (Å²) in [6.07, 6.45) is 2.66. The van der Waals surface area contributed by atoms with Crippen LogP contribution in [0.1, 0.15) is 26.7 Å². The van der Waals surface area contributed by atoms with Crippen molar-refractivity contribution in [1.29, 1.82) is 0 Å². The third-order valence-electron chi connectivity index (χ3n) is 2.49. The zero-order chi connectivity index (χ0) is 8.81. The van der Waals surface area contributed by atoms with Gasteiger partial charge in [-0.3, -0.25) is 0 Å². The summed E-state index contributed by atoms with van der Waals surface area (Å²) in [6.45, 7) is 9.39. The summed E-state index contributed by atoms with van der Waals surface area (Å²) >= 11 is 0. The van der Waals surface area contributed by atoms with Crippen molar-refractivity contribution < 1.29 is 0 Å². The highest BCUT2D eigenvalue weighted by Gasteiger charge is 2.12. The van der Waals surface area contributed by atoms with Gasteiger partial charge in [-0.1, -0.05) is 13.8 Å². The van der Waals surface area contributed by atoms with Gasteiger partial charge in [-0.05, 0) is 50.9 Å². The van der Waals surface area contributed by atoms with Crippen molar-refractivity contribution in [3.8, 4) is 0 Å². The largest absolute Gasteiger partial charge is 0.316 e. The summed E-state index contributed by atoms with van der Waals surface area (Å²) < 4.78 is 0. The molecule has 0 aliphatic carbocycles. The fourth-order valence-electron chi connectivity index (χ4n) is 1.59. The Morgan fingerprint density at radius 1 is 1.50 bits per heavy atom. The van der Waals surface area contributed by atoms with E-state index in [-0.39, 0.29) is 0 Å². The summed E-state index contributed by atoms with van der Waals surface area (Å²) in [5.74, 6) is 1.72. The number of hydrogen-bond donors (Lipinski definition) is 2. The second-order valence-corrected chi connectivity index (χ2v) is 4.25. The average molecular weight is 170 g/mol. The number of hydrogen-bond acceptors (Lipinski definition) is 2. The van der Waals surface area contributed by atoms with Crippen LogP contribution in [0.15, 0.2) is 0 Å². The molecule has 0 aromatic rings. The predicted octanol–water partition coefficient (Wildman–Crippen LogP) is 1.23. The monoisotopic (exact) mass is 170 g/mol. The minimum atomic E-state index is 0.833. The Morgan fingerprint density at radius 3 is 2.92 bits per heavy atom. The molecule has 1 unspecified atom stereocenters. The molecule has 2 heteroatoms. The molecular formula is C10H22N2. The normalized spacial score (nSPS) is 23.8. The van der Waals surface area contributed by atoms with Crippen LogP contribution in [0.5, 0.6) is 0 Å². The second-order valence-electron chi connectivity index (χ2n) is 4.25. The molecule has 0 radical (unpaired) electrons. The van der Waals surface area contributed by atoms with E-state index in [1.165, 1.54) is 39.0 Å². The highest BCUT2D eigenvalue weighted by atomic mass is 14.9. The first-order valence-corrected chi connectivity index (χ1v) is 5.20. The lowest BCUT2D eigenvalue weighted by Gasteiger charge is -2.10.